The summed E-state index contributed by atoms with van der Waals surface area (Å²) >= 11 is 11.8. The summed E-state index contributed by atoms with van der Waals surface area (Å²) in [6, 6.07) is 4.14. The topological polar surface area (TPSA) is 102 Å². The van der Waals surface area contributed by atoms with Gasteiger partial charge >= 0.3 is 0 Å². The van der Waals surface area contributed by atoms with Crippen molar-refractivity contribution in [1.29, 1.82) is 0 Å². The summed E-state index contributed by atoms with van der Waals surface area (Å²) in [4.78, 5) is 23.1. The second-order valence-corrected chi connectivity index (χ2v) is 11.6. The molecule has 2 aromatic carbocycles. The number of ketones is 2. The average Bonchev–Trinajstić information content (AvgIpc) is 2.51. The van der Waals surface area contributed by atoms with Crippen LogP contribution in [-0.2, 0) is 18.1 Å². The van der Waals surface area contributed by atoms with Crippen LogP contribution >= 0.6 is 44.6 Å². The summed E-state index contributed by atoms with van der Waals surface area (Å²) in [7, 11) is 1.96. The van der Waals surface area contributed by atoms with Crippen molar-refractivity contribution in [2.24, 2.45) is 0 Å². The molecule has 0 amide bonds. The van der Waals surface area contributed by atoms with Crippen molar-refractivity contribution in [1.82, 2.24) is 0 Å². The molecule has 2 rings (SSSR count). The maximum atomic E-state index is 12.2. The highest BCUT2D eigenvalue weighted by Crippen LogP contribution is 2.42. The number of carbonyl (C=O) groups is 2. The lowest BCUT2D eigenvalue weighted by Gasteiger charge is -2.18. The van der Waals surface area contributed by atoms with Gasteiger partial charge in [0.1, 0.15) is 0 Å². The van der Waals surface area contributed by atoms with Gasteiger partial charge in [0.05, 0.1) is 9.79 Å². The molecule has 0 saturated carbocycles. The molecule has 0 aromatic heterocycles. The third-order valence-electron chi connectivity index (χ3n) is 3.67. The SMILES string of the molecule is CC(=O)c1cc(Cl)cc(S(=O)(=O)Cl)c1-c1c(C(C)=O)cc(Cl)cc1S(=O)(=O)Cl. The largest absolute Gasteiger partial charge is 0.294 e. The van der Waals surface area contributed by atoms with Crippen LogP contribution in [0.15, 0.2) is 34.1 Å². The molecule has 0 aliphatic heterocycles. The van der Waals surface area contributed by atoms with Crippen molar-refractivity contribution in [2.45, 2.75) is 23.6 Å². The highest BCUT2D eigenvalue weighted by Gasteiger charge is 2.31. The molecule has 12 heteroatoms. The van der Waals surface area contributed by atoms with E-state index in [1.165, 1.54) is 0 Å². The highest BCUT2D eigenvalue weighted by atomic mass is 35.7. The average molecular weight is 504 g/mol. The smallest absolute Gasteiger partial charge is 0.262 e. The van der Waals surface area contributed by atoms with Crippen LogP contribution in [0.2, 0.25) is 10.0 Å². The zero-order chi connectivity index (χ0) is 21.6. The molecule has 0 bridgehead atoms. The Balaban J connectivity index is 3.30. The number of benzene rings is 2. The predicted octanol–water partition coefficient (Wildman–Crippen LogP) is 4.92. The van der Waals surface area contributed by atoms with Crippen LogP contribution in [0.5, 0.6) is 0 Å². The molecule has 0 atom stereocenters. The summed E-state index contributed by atoms with van der Waals surface area (Å²) in [5, 5.41) is -0.274. The van der Waals surface area contributed by atoms with Gasteiger partial charge < -0.3 is 0 Å². The maximum Gasteiger partial charge on any atom is 0.262 e. The summed E-state index contributed by atoms with van der Waals surface area (Å²) in [5.74, 6) is -1.30. The molecule has 150 valence electrons. The number of halogens is 4. The Morgan fingerprint density at radius 1 is 0.679 bits per heavy atom. The first-order valence-corrected chi connectivity index (χ1v) is 12.6. The Kier molecular flexibility index (Phi) is 6.55. The molecule has 0 aliphatic carbocycles. The molecule has 0 unspecified atom stereocenters. The summed E-state index contributed by atoms with van der Waals surface area (Å²) in [5.41, 5.74) is -1.35. The number of Topliss-reactive ketones (excluding diaryl/α,β-unsaturated/α-hetero) is 2. The lowest BCUT2D eigenvalue weighted by Crippen LogP contribution is -2.10. The van der Waals surface area contributed by atoms with Gasteiger partial charge in [-0.3, -0.25) is 9.59 Å². The predicted molar refractivity (Wildman–Crippen MR) is 108 cm³/mol. The highest BCUT2D eigenvalue weighted by molar-refractivity contribution is 8.14. The zero-order valence-corrected chi connectivity index (χ0v) is 18.7. The number of hydrogen-bond donors (Lipinski definition) is 0. The van der Waals surface area contributed by atoms with Gasteiger partial charge in [-0.25, -0.2) is 16.8 Å². The molecule has 0 radical (unpaired) electrons. The first-order chi connectivity index (χ1) is 12.6. The van der Waals surface area contributed by atoms with Crippen LogP contribution in [0.25, 0.3) is 11.1 Å². The van der Waals surface area contributed by atoms with E-state index in [1.807, 2.05) is 0 Å². The first kappa shape index (κ1) is 23.1. The van der Waals surface area contributed by atoms with E-state index in [4.69, 9.17) is 44.6 Å². The van der Waals surface area contributed by atoms with Crippen molar-refractivity contribution in [2.75, 3.05) is 0 Å². The first-order valence-electron chi connectivity index (χ1n) is 7.23. The number of carbonyl (C=O) groups excluding carboxylic acids is 2. The lowest BCUT2D eigenvalue weighted by molar-refractivity contribution is 0.100. The van der Waals surface area contributed by atoms with Gasteiger partial charge in [0.25, 0.3) is 18.1 Å². The van der Waals surface area contributed by atoms with Crippen LogP contribution in [0.1, 0.15) is 34.6 Å². The third-order valence-corrected chi connectivity index (χ3v) is 6.80. The van der Waals surface area contributed by atoms with Crippen LogP contribution in [0, 0.1) is 0 Å². The molecule has 0 aliphatic rings. The van der Waals surface area contributed by atoms with Gasteiger partial charge in [0.2, 0.25) is 0 Å². The second-order valence-electron chi connectivity index (χ2n) is 5.64. The molecule has 0 spiro atoms. The molecule has 0 N–H and O–H groups in total. The minimum atomic E-state index is -4.52. The van der Waals surface area contributed by atoms with Gasteiger partial charge in [-0.2, -0.15) is 0 Å². The van der Waals surface area contributed by atoms with E-state index < -0.39 is 50.6 Å². The molecule has 0 heterocycles. The number of rotatable bonds is 5. The van der Waals surface area contributed by atoms with E-state index >= 15 is 0 Å². The van der Waals surface area contributed by atoms with Crippen molar-refractivity contribution in [3.63, 3.8) is 0 Å². The monoisotopic (exact) mass is 502 g/mol. The Labute approximate surface area is 180 Å². The Morgan fingerprint density at radius 3 is 1.18 bits per heavy atom. The summed E-state index contributed by atoms with van der Waals surface area (Å²) < 4.78 is 48.7. The van der Waals surface area contributed by atoms with Gasteiger partial charge in [0.15, 0.2) is 11.6 Å². The van der Waals surface area contributed by atoms with Gasteiger partial charge in [-0.1, -0.05) is 23.2 Å². The second kappa shape index (κ2) is 7.93. The van der Waals surface area contributed by atoms with E-state index in [0.717, 1.165) is 38.1 Å². The Hall–Kier alpha value is -1.16. The van der Waals surface area contributed by atoms with Gasteiger partial charge in [0, 0.05) is 53.7 Å². The minimum absolute atomic E-state index is 0.137. The fraction of sp³-hybridized carbons (Fsp3) is 0.125. The van der Waals surface area contributed by atoms with Crippen molar-refractivity contribution in [3.8, 4) is 11.1 Å². The molecule has 2 aromatic rings. The fourth-order valence-corrected chi connectivity index (χ4v) is 5.36. The lowest BCUT2D eigenvalue weighted by atomic mass is 9.92. The van der Waals surface area contributed by atoms with Crippen LogP contribution in [-0.4, -0.2) is 28.4 Å². The fourth-order valence-electron chi connectivity index (χ4n) is 2.62. The molecule has 28 heavy (non-hydrogen) atoms. The van der Waals surface area contributed by atoms with E-state index in [9.17, 15) is 26.4 Å². The normalized spacial score (nSPS) is 12.1. The number of hydrogen-bond acceptors (Lipinski definition) is 6. The Morgan fingerprint density at radius 2 is 0.964 bits per heavy atom. The molecular weight excluding hydrogens is 494 g/mol. The quantitative estimate of drug-likeness (QED) is 0.423. The van der Waals surface area contributed by atoms with Crippen molar-refractivity contribution < 1.29 is 26.4 Å². The van der Waals surface area contributed by atoms with E-state index in [0.29, 0.717) is 0 Å². The third kappa shape index (κ3) is 4.69. The molecule has 0 fully saturated rings. The van der Waals surface area contributed by atoms with E-state index in [2.05, 4.69) is 0 Å². The van der Waals surface area contributed by atoms with Crippen molar-refractivity contribution >= 4 is 74.2 Å². The standard InChI is InChI=1S/C16H10Cl4O6S2/c1-7(21)11-3-9(17)5-13(27(19,23)24)15(11)16-12(8(2)22)4-10(18)6-14(16)28(20,25)26/h3-6H,1-2H3. The van der Waals surface area contributed by atoms with E-state index in [-0.39, 0.29) is 21.2 Å². The maximum absolute atomic E-state index is 12.2. The van der Waals surface area contributed by atoms with Gasteiger partial charge in [-0.15, -0.1) is 0 Å². The summed E-state index contributed by atoms with van der Waals surface area (Å²) in [6.45, 7) is 2.22. The minimum Gasteiger partial charge on any atom is -0.294 e. The van der Waals surface area contributed by atoms with E-state index in [1.54, 1.807) is 0 Å². The molecule has 6 nitrogen and oxygen atoms in total. The van der Waals surface area contributed by atoms with Crippen LogP contribution in [0.4, 0.5) is 0 Å². The van der Waals surface area contributed by atoms with Crippen molar-refractivity contribution in [3.05, 3.63) is 45.4 Å². The molecular formula is C16H10Cl4O6S2. The summed E-state index contributed by atoms with van der Waals surface area (Å²) in [6.07, 6.45) is 0. The van der Waals surface area contributed by atoms with Gasteiger partial charge in [-0.05, 0) is 38.1 Å². The Bertz CT molecular complexity index is 1140. The van der Waals surface area contributed by atoms with Crippen LogP contribution in [0.3, 0.4) is 0 Å². The molecule has 0 saturated heterocycles. The van der Waals surface area contributed by atoms with Crippen LogP contribution < -0.4 is 0 Å². The zero-order valence-electron chi connectivity index (χ0n) is 14.1.